The van der Waals surface area contributed by atoms with Gasteiger partial charge >= 0.3 is 0 Å². The summed E-state index contributed by atoms with van der Waals surface area (Å²) in [5.74, 6) is -1.99. The van der Waals surface area contributed by atoms with Gasteiger partial charge in [0.15, 0.2) is 5.69 Å². The minimum atomic E-state index is -4.39. The van der Waals surface area contributed by atoms with Gasteiger partial charge < -0.3 is 0 Å². The Balaban J connectivity index is 1.92. The molecule has 0 saturated carbocycles. The number of benzene rings is 2. The first kappa shape index (κ1) is 19.0. The number of aromatic nitrogens is 2. The fraction of sp³-hybridized carbons (Fsp3) is 0.0625. The zero-order valence-corrected chi connectivity index (χ0v) is 15.3. The third-order valence-corrected chi connectivity index (χ3v) is 5.17. The van der Waals surface area contributed by atoms with Crippen LogP contribution in [0.5, 0.6) is 0 Å². The number of nitrogens with one attached hydrogen (secondary N) is 2. The fourth-order valence-electron chi connectivity index (χ4n) is 2.39. The predicted molar refractivity (Wildman–Crippen MR) is 96.2 cm³/mol. The van der Waals surface area contributed by atoms with Crippen molar-refractivity contribution in [2.45, 2.75) is 4.90 Å². The summed E-state index contributed by atoms with van der Waals surface area (Å²) in [6.07, 6.45) is 0. The number of sulfonamides is 1. The number of halogens is 2. The van der Waals surface area contributed by atoms with Crippen LogP contribution in [0.2, 0.25) is 5.02 Å². The summed E-state index contributed by atoms with van der Waals surface area (Å²) in [4.78, 5) is 25.6. The van der Waals surface area contributed by atoms with Gasteiger partial charge in [0.2, 0.25) is 0 Å². The summed E-state index contributed by atoms with van der Waals surface area (Å²) in [7, 11) is -3.03. The Morgan fingerprint density at radius 3 is 2.52 bits per heavy atom. The van der Waals surface area contributed by atoms with E-state index in [0.717, 1.165) is 16.8 Å². The van der Waals surface area contributed by atoms with Crippen LogP contribution in [0.3, 0.4) is 0 Å². The van der Waals surface area contributed by atoms with Crippen molar-refractivity contribution in [3.63, 3.8) is 0 Å². The first-order valence-electron chi connectivity index (χ1n) is 7.44. The number of fused-ring (bicyclic) bond motifs is 1. The number of carbonyl (C=O) groups is 1. The van der Waals surface area contributed by atoms with Crippen LogP contribution in [-0.2, 0) is 17.1 Å². The number of amides is 1. The molecular weight excluding hydrogens is 399 g/mol. The molecule has 0 bridgehead atoms. The van der Waals surface area contributed by atoms with Crippen LogP contribution in [0.25, 0.3) is 10.8 Å². The molecule has 0 saturated heterocycles. The average Bonchev–Trinajstić information content (AvgIpc) is 2.62. The molecule has 2 N–H and O–H groups in total. The predicted octanol–water partition coefficient (Wildman–Crippen LogP) is 1.35. The van der Waals surface area contributed by atoms with Crippen LogP contribution in [-0.4, -0.2) is 24.1 Å². The summed E-state index contributed by atoms with van der Waals surface area (Å²) in [5, 5.41) is 4.38. The Morgan fingerprint density at radius 2 is 1.85 bits per heavy atom. The Labute approximate surface area is 157 Å². The molecule has 27 heavy (non-hydrogen) atoms. The molecule has 1 heterocycles. The van der Waals surface area contributed by atoms with Crippen molar-refractivity contribution in [1.29, 1.82) is 0 Å². The maximum absolute atomic E-state index is 13.8. The lowest BCUT2D eigenvalue weighted by molar-refractivity contribution is 0.0939. The average molecular weight is 411 g/mol. The van der Waals surface area contributed by atoms with E-state index in [-0.39, 0.29) is 21.5 Å². The SMILES string of the molecule is Cn1nc(C(=O)NNS(=O)(=O)c2ccc(Cl)cc2F)c2ccccc2c1=O. The van der Waals surface area contributed by atoms with E-state index in [4.69, 9.17) is 11.6 Å². The van der Waals surface area contributed by atoms with E-state index >= 15 is 0 Å². The molecule has 3 rings (SSSR count). The number of carbonyl (C=O) groups excluding carboxylic acids is 1. The second-order valence-electron chi connectivity index (χ2n) is 5.46. The second-order valence-corrected chi connectivity index (χ2v) is 7.54. The standard InChI is InChI=1S/C16H12ClFN4O4S/c1-22-16(24)11-5-3-2-4-10(11)14(20-22)15(23)19-21-27(25,26)13-7-6-9(17)8-12(13)18/h2-8,21H,1H3,(H,19,23). The normalized spacial score (nSPS) is 11.5. The van der Waals surface area contributed by atoms with Gasteiger partial charge in [0, 0.05) is 17.5 Å². The maximum atomic E-state index is 13.8. The van der Waals surface area contributed by atoms with E-state index in [9.17, 15) is 22.4 Å². The molecule has 1 amide bonds. The lowest BCUT2D eigenvalue weighted by atomic mass is 10.1. The number of nitrogens with zero attached hydrogens (tertiary/aromatic N) is 2. The lowest BCUT2D eigenvalue weighted by Crippen LogP contribution is -2.42. The zero-order chi connectivity index (χ0) is 19.8. The molecule has 11 heteroatoms. The Kier molecular flexibility index (Phi) is 4.96. The first-order valence-corrected chi connectivity index (χ1v) is 9.30. The van der Waals surface area contributed by atoms with Gasteiger partial charge in [-0.1, -0.05) is 29.8 Å². The smallest absolute Gasteiger partial charge is 0.272 e. The highest BCUT2D eigenvalue weighted by Crippen LogP contribution is 2.18. The molecule has 3 aromatic rings. The molecule has 0 unspecified atom stereocenters. The number of aryl methyl sites for hydroxylation is 1. The van der Waals surface area contributed by atoms with Crippen molar-refractivity contribution >= 4 is 38.3 Å². The van der Waals surface area contributed by atoms with Gasteiger partial charge in [0.1, 0.15) is 10.7 Å². The maximum Gasteiger partial charge on any atom is 0.287 e. The van der Waals surface area contributed by atoms with Gasteiger partial charge in [-0.2, -0.15) is 5.10 Å². The van der Waals surface area contributed by atoms with Crippen LogP contribution >= 0.6 is 11.6 Å². The first-order chi connectivity index (χ1) is 12.7. The third kappa shape index (κ3) is 3.68. The molecule has 0 aliphatic rings. The van der Waals surface area contributed by atoms with Crippen LogP contribution < -0.4 is 15.8 Å². The molecule has 0 spiro atoms. The monoisotopic (exact) mass is 410 g/mol. The highest BCUT2D eigenvalue weighted by atomic mass is 35.5. The summed E-state index contributed by atoms with van der Waals surface area (Å²) in [5.41, 5.74) is 1.38. The molecule has 8 nitrogen and oxygen atoms in total. The van der Waals surface area contributed by atoms with Gasteiger partial charge in [-0.15, -0.1) is 4.83 Å². The fourth-order valence-corrected chi connectivity index (χ4v) is 3.45. The Hall–Kier alpha value is -2.82. The summed E-state index contributed by atoms with van der Waals surface area (Å²) in [6.45, 7) is 0. The highest BCUT2D eigenvalue weighted by molar-refractivity contribution is 7.89. The molecule has 0 fully saturated rings. The van der Waals surface area contributed by atoms with Crippen LogP contribution in [0.1, 0.15) is 10.5 Å². The largest absolute Gasteiger partial charge is 0.287 e. The highest BCUT2D eigenvalue weighted by Gasteiger charge is 2.22. The zero-order valence-electron chi connectivity index (χ0n) is 13.7. The van der Waals surface area contributed by atoms with Crippen LogP contribution in [0.4, 0.5) is 4.39 Å². The minimum absolute atomic E-state index is 0.0244. The van der Waals surface area contributed by atoms with Crippen molar-refractivity contribution in [3.8, 4) is 0 Å². The molecular formula is C16H12ClFN4O4S. The summed E-state index contributed by atoms with van der Waals surface area (Å²) in [6, 6.07) is 9.25. The van der Waals surface area contributed by atoms with Gasteiger partial charge in [-0.3, -0.25) is 15.0 Å². The molecule has 1 aromatic heterocycles. The van der Waals surface area contributed by atoms with Crippen molar-refractivity contribution < 1.29 is 17.6 Å². The van der Waals surface area contributed by atoms with Gasteiger partial charge in [-0.25, -0.2) is 17.5 Å². The number of hydrogen-bond donors (Lipinski definition) is 2. The van der Waals surface area contributed by atoms with E-state index in [1.54, 1.807) is 17.0 Å². The number of hydrazine groups is 1. The quantitative estimate of drug-likeness (QED) is 0.631. The van der Waals surface area contributed by atoms with E-state index in [1.165, 1.54) is 25.2 Å². The van der Waals surface area contributed by atoms with Crippen molar-refractivity contribution in [3.05, 3.63) is 69.4 Å². The number of rotatable bonds is 4. The van der Waals surface area contributed by atoms with E-state index in [0.29, 0.717) is 0 Å². The van der Waals surface area contributed by atoms with Gasteiger partial charge in [-0.05, 0) is 24.3 Å². The van der Waals surface area contributed by atoms with Crippen molar-refractivity contribution in [1.82, 2.24) is 20.0 Å². The molecule has 0 radical (unpaired) electrons. The molecule has 0 aliphatic carbocycles. The van der Waals surface area contributed by atoms with Crippen molar-refractivity contribution in [2.24, 2.45) is 7.05 Å². The Morgan fingerprint density at radius 1 is 1.19 bits per heavy atom. The second kappa shape index (κ2) is 7.06. The third-order valence-electron chi connectivity index (χ3n) is 3.65. The van der Waals surface area contributed by atoms with E-state index in [1.807, 2.05) is 5.43 Å². The minimum Gasteiger partial charge on any atom is -0.272 e. The molecule has 2 aromatic carbocycles. The lowest BCUT2D eigenvalue weighted by Gasteiger charge is -2.11. The summed E-state index contributed by atoms with van der Waals surface area (Å²) >= 11 is 5.60. The molecule has 0 aliphatic heterocycles. The molecule has 140 valence electrons. The van der Waals surface area contributed by atoms with Gasteiger partial charge in [0.05, 0.1) is 5.39 Å². The summed E-state index contributed by atoms with van der Waals surface area (Å²) < 4.78 is 39.2. The van der Waals surface area contributed by atoms with Gasteiger partial charge in [0.25, 0.3) is 21.5 Å². The number of hydrogen-bond acceptors (Lipinski definition) is 5. The Bertz CT molecular complexity index is 1230. The molecule has 0 atom stereocenters. The van der Waals surface area contributed by atoms with Crippen molar-refractivity contribution in [2.75, 3.05) is 0 Å². The van der Waals surface area contributed by atoms with Crippen LogP contribution in [0.15, 0.2) is 52.2 Å². The van der Waals surface area contributed by atoms with Crippen LogP contribution in [0, 0.1) is 5.82 Å². The topological polar surface area (TPSA) is 110 Å². The van der Waals surface area contributed by atoms with E-state index < -0.39 is 32.2 Å². The van der Waals surface area contributed by atoms with E-state index in [2.05, 4.69) is 5.10 Å².